The van der Waals surface area contributed by atoms with Crippen molar-refractivity contribution in [2.75, 3.05) is 18.6 Å². The van der Waals surface area contributed by atoms with Crippen LogP contribution in [0.2, 0.25) is 0 Å². The van der Waals surface area contributed by atoms with Gasteiger partial charge in [-0.3, -0.25) is 4.79 Å². The van der Waals surface area contributed by atoms with Crippen molar-refractivity contribution in [2.45, 2.75) is 38.5 Å². The minimum Gasteiger partial charge on any atom is -0.469 e. The lowest BCUT2D eigenvalue weighted by molar-refractivity contribution is -0.146. The van der Waals surface area contributed by atoms with Crippen LogP contribution >= 0.6 is 11.8 Å². The van der Waals surface area contributed by atoms with Gasteiger partial charge >= 0.3 is 5.97 Å². The molecule has 1 saturated heterocycles. The summed E-state index contributed by atoms with van der Waals surface area (Å²) in [4.78, 5) is 11.4. The third-order valence-electron chi connectivity index (χ3n) is 2.72. The topological polar surface area (TPSA) is 26.3 Å². The van der Waals surface area contributed by atoms with Gasteiger partial charge in [-0.25, -0.2) is 0 Å². The summed E-state index contributed by atoms with van der Waals surface area (Å²) in [5, 5.41) is 0. The highest BCUT2D eigenvalue weighted by atomic mass is 32.2. The quantitative estimate of drug-likeness (QED) is 0.630. The minimum absolute atomic E-state index is 0.00164. The van der Waals surface area contributed by atoms with Crippen molar-refractivity contribution in [1.82, 2.24) is 0 Å². The predicted molar refractivity (Wildman–Crippen MR) is 60.5 cm³/mol. The smallest absolute Gasteiger partial charge is 0.308 e. The Balaban J connectivity index is 2.34. The van der Waals surface area contributed by atoms with Crippen molar-refractivity contribution >= 4 is 17.7 Å². The van der Waals surface area contributed by atoms with Gasteiger partial charge < -0.3 is 4.74 Å². The Hall–Kier alpha value is -0.180. The lowest BCUT2D eigenvalue weighted by atomic mass is 9.96. The molecule has 1 aliphatic heterocycles. The first kappa shape index (κ1) is 11.9. The molecular weight excluding hydrogens is 196 g/mol. The molecule has 0 N–H and O–H groups in total. The van der Waals surface area contributed by atoms with Gasteiger partial charge in [0, 0.05) is 0 Å². The number of carbonyl (C=O) groups is 1. The van der Waals surface area contributed by atoms with Crippen molar-refractivity contribution in [1.29, 1.82) is 0 Å². The molecule has 0 spiro atoms. The Bertz CT molecular complexity index is 161. The van der Waals surface area contributed by atoms with Gasteiger partial charge in [-0.2, -0.15) is 11.8 Å². The normalized spacial score (nSPS) is 21.5. The van der Waals surface area contributed by atoms with Crippen molar-refractivity contribution < 1.29 is 9.53 Å². The van der Waals surface area contributed by atoms with Crippen molar-refractivity contribution in [2.24, 2.45) is 5.92 Å². The van der Waals surface area contributed by atoms with Gasteiger partial charge in [0.1, 0.15) is 0 Å². The largest absolute Gasteiger partial charge is 0.469 e. The van der Waals surface area contributed by atoms with Gasteiger partial charge in [-0.05, 0) is 37.2 Å². The molecule has 1 fully saturated rings. The van der Waals surface area contributed by atoms with E-state index in [-0.39, 0.29) is 11.9 Å². The highest BCUT2D eigenvalue weighted by Gasteiger charge is 2.18. The molecule has 2 nitrogen and oxygen atoms in total. The monoisotopic (exact) mass is 216 g/mol. The van der Waals surface area contributed by atoms with Crippen LogP contribution in [-0.2, 0) is 9.53 Å². The summed E-state index contributed by atoms with van der Waals surface area (Å²) in [5.41, 5.74) is 0. The average Bonchev–Trinajstić information content (AvgIpc) is 2.24. The summed E-state index contributed by atoms with van der Waals surface area (Å²) >= 11 is 2.05. The fourth-order valence-electron chi connectivity index (χ4n) is 1.84. The van der Waals surface area contributed by atoms with Crippen molar-refractivity contribution in [3.05, 3.63) is 0 Å². The van der Waals surface area contributed by atoms with E-state index in [1.165, 1.54) is 44.3 Å². The molecule has 14 heavy (non-hydrogen) atoms. The zero-order valence-corrected chi connectivity index (χ0v) is 9.78. The number of thioether (sulfide) groups is 1. The summed E-state index contributed by atoms with van der Waals surface area (Å²) in [6, 6.07) is 0. The van der Waals surface area contributed by atoms with Crippen molar-refractivity contribution in [3.8, 4) is 0 Å². The number of carbonyl (C=O) groups excluding carboxylic acids is 1. The summed E-state index contributed by atoms with van der Waals surface area (Å²) < 4.78 is 4.81. The van der Waals surface area contributed by atoms with Crippen LogP contribution in [0.3, 0.4) is 0 Å². The van der Waals surface area contributed by atoms with E-state index in [0.717, 1.165) is 12.8 Å². The van der Waals surface area contributed by atoms with Gasteiger partial charge in [0.25, 0.3) is 0 Å². The van der Waals surface area contributed by atoms with Crippen LogP contribution in [0.25, 0.3) is 0 Å². The Morgan fingerprint density at radius 2 is 1.71 bits per heavy atom. The van der Waals surface area contributed by atoms with Crippen LogP contribution in [0.1, 0.15) is 38.5 Å². The third kappa shape index (κ3) is 4.36. The molecule has 0 aromatic heterocycles. The summed E-state index contributed by atoms with van der Waals surface area (Å²) in [6.45, 7) is 0. The van der Waals surface area contributed by atoms with E-state index in [1.54, 1.807) is 0 Å². The third-order valence-corrected chi connectivity index (χ3v) is 3.87. The van der Waals surface area contributed by atoms with Crippen LogP contribution in [0.15, 0.2) is 0 Å². The first-order valence-corrected chi connectivity index (χ1v) is 6.65. The Morgan fingerprint density at radius 1 is 1.14 bits per heavy atom. The zero-order chi connectivity index (χ0) is 10.2. The van der Waals surface area contributed by atoms with Crippen LogP contribution in [0, 0.1) is 5.92 Å². The van der Waals surface area contributed by atoms with Crippen LogP contribution in [-0.4, -0.2) is 24.6 Å². The number of esters is 1. The van der Waals surface area contributed by atoms with E-state index in [2.05, 4.69) is 11.8 Å². The second-order valence-electron chi connectivity index (χ2n) is 3.82. The summed E-state index contributed by atoms with van der Waals surface area (Å²) in [5.74, 6) is 2.68. The predicted octanol–water partition coefficient (Wildman–Crippen LogP) is 2.86. The Morgan fingerprint density at radius 3 is 2.21 bits per heavy atom. The maximum Gasteiger partial charge on any atom is 0.308 e. The highest BCUT2D eigenvalue weighted by Crippen LogP contribution is 2.21. The number of hydrogen-bond acceptors (Lipinski definition) is 3. The molecule has 82 valence electrons. The maximum atomic E-state index is 11.4. The van der Waals surface area contributed by atoms with Crippen LogP contribution in [0.5, 0.6) is 0 Å². The lowest BCUT2D eigenvalue weighted by Gasteiger charge is -2.15. The fraction of sp³-hybridized carbons (Fsp3) is 0.909. The molecule has 0 aromatic carbocycles. The molecule has 0 aromatic rings. The zero-order valence-electron chi connectivity index (χ0n) is 8.96. The van der Waals surface area contributed by atoms with Crippen LogP contribution in [0.4, 0.5) is 0 Å². The molecule has 0 amide bonds. The lowest BCUT2D eigenvalue weighted by Crippen LogP contribution is -2.16. The van der Waals surface area contributed by atoms with E-state index >= 15 is 0 Å². The van der Waals surface area contributed by atoms with E-state index < -0.39 is 0 Å². The molecule has 0 atom stereocenters. The molecule has 0 aliphatic carbocycles. The Labute approximate surface area is 90.8 Å². The highest BCUT2D eigenvalue weighted by molar-refractivity contribution is 7.99. The van der Waals surface area contributed by atoms with Gasteiger partial charge in [-0.15, -0.1) is 0 Å². The van der Waals surface area contributed by atoms with Gasteiger partial charge in [0.2, 0.25) is 0 Å². The molecule has 0 radical (unpaired) electrons. The fourth-order valence-corrected chi connectivity index (χ4v) is 2.86. The van der Waals surface area contributed by atoms with Crippen molar-refractivity contribution in [3.63, 3.8) is 0 Å². The summed E-state index contributed by atoms with van der Waals surface area (Å²) in [6.07, 6.45) is 6.89. The molecule has 1 aliphatic rings. The first-order chi connectivity index (χ1) is 6.84. The molecule has 0 saturated carbocycles. The standard InChI is InChI=1S/C11H20O2S/c1-13-11(12)10-6-2-4-8-14-9-5-3-7-10/h10H,2-9H2,1H3. The van der Waals surface area contributed by atoms with E-state index in [1.807, 2.05) is 0 Å². The SMILES string of the molecule is COC(=O)C1CCCCSCCCC1. The maximum absolute atomic E-state index is 11.4. The minimum atomic E-state index is -0.00164. The number of hydrogen-bond donors (Lipinski definition) is 0. The van der Waals surface area contributed by atoms with Gasteiger partial charge in [-0.1, -0.05) is 12.8 Å². The Kier molecular flexibility index (Phi) is 6.08. The van der Waals surface area contributed by atoms with E-state index in [0.29, 0.717) is 0 Å². The second kappa shape index (κ2) is 7.16. The molecule has 0 unspecified atom stereocenters. The second-order valence-corrected chi connectivity index (χ2v) is 5.05. The molecule has 1 rings (SSSR count). The number of ether oxygens (including phenoxy) is 1. The van der Waals surface area contributed by atoms with E-state index in [9.17, 15) is 4.79 Å². The number of methoxy groups -OCH3 is 1. The van der Waals surface area contributed by atoms with Gasteiger partial charge in [0.05, 0.1) is 13.0 Å². The average molecular weight is 216 g/mol. The first-order valence-electron chi connectivity index (χ1n) is 5.50. The molecule has 3 heteroatoms. The molecule has 0 bridgehead atoms. The molecule has 1 heterocycles. The number of rotatable bonds is 1. The van der Waals surface area contributed by atoms with Crippen LogP contribution < -0.4 is 0 Å². The molecular formula is C11H20O2S. The van der Waals surface area contributed by atoms with E-state index in [4.69, 9.17) is 4.74 Å². The summed E-state index contributed by atoms with van der Waals surface area (Å²) in [7, 11) is 1.50. The van der Waals surface area contributed by atoms with Gasteiger partial charge in [0.15, 0.2) is 0 Å².